The summed E-state index contributed by atoms with van der Waals surface area (Å²) in [7, 11) is 0. The van der Waals surface area contributed by atoms with E-state index in [9.17, 15) is 4.79 Å². The standard InChI is InChI=1S/C23H28N4O/c1-4-5-8-13-27-20-15-19-18(14-17(20)23(2,3)22(27)28)25-21(26-19)11-10-16-9-6-7-12-24-16/h6-7,9,12,14-15H,4-5,8,10-11,13H2,1-3H3,(H,25,26). The molecule has 5 nitrogen and oxygen atoms in total. The molecule has 28 heavy (non-hydrogen) atoms. The third-order valence-electron chi connectivity index (χ3n) is 5.72. The molecule has 3 heterocycles. The molecule has 4 rings (SSSR count). The minimum absolute atomic E-state index is 0.196. The maximum atomic E-state index is 13.0. The zero-order valence-corrected chi connectivity index (χ0v) is 17.0. The van der Waals surface area contributed by atoms with Crippen molar-refractivity contribution >= 4 is 22.6 Å². The number of imidazole rings is 1. The number of nitrogens with one attached hydrogen (secondary N) is 1. The van der Waals surface area contributed by atoms with Crippen LogP contribution in [0.5, 0.6) is 0 Å². The first-order chi connectivity index (χ1) is 13.5. The number of anilines is 1. The van der Waals surface area contributed by atoms with Crippen molar-refractivity contribution in [3.8, 4) is 0 Å². The van der Waals surface area contributed by atoms with Gasteiger partial charge in [-0.15, -0.1) is 0 Å². The van der Waals surface area contributed by atoms with Crippen molar-refractivity contribution in [2.45, 2.75) is 58.3 Å². The van der Waals surface area contributed by atoms with Crippen molar-refractivity contribution in [2.75, 3.05) is 11.4 Å². The number of amides is 1. The summed E-state index contributed by atoms with van der Waals surface area (Å²) in [6.07, 6.45) is 6.83. The quantitative estimate of drug-likeness (QED) is 0.615. The summed E-state index contributed by atoms with van der Waals surface area (Å²) in [6, 6.07) is 10.2. The lowest BCUT2D eigenvalue weighted by atomic mass is 9.86. The molecule has 0 aliphatic carbocycles. The largest absolute Gasteiger partial charge is 0.342 e. The highest BCUT2D eigenvalue weighted by Gasteiger charge is 2.43. The van der Waals surface area contributed by atoms with E-state index in [2.05, 4.69) is 29.0 Å². The number of aromatic amines is 1. The van der Waals surface area contributed by atoms with E-state index in [0.717, 1.165) is 72.5 Å². The molecule has 2 aromatic heterocycles. The molecule has 146 valence electrons. The number of aryl methyl sites for hydroxylation is 2. The zero-order valence-electron chi connectivity index (χ0n) is 17.0. The zero-order chi connectivity index (χ0) is 19.7. The molecule has 1 aliphatic rings. The molecule has 3 aromatic rings. The number of rotatable bonds is 7. The van der Waals surface area contributed by atoms with E-state index in [0.29, 0.717) is 0 Å². The lowest BCUT2D eigenvalue weighted by Crippen LogP contribution is -2.36. The summed E-state index contributed by atoms with van der Waals surface area (Å²) in [5, 5.41) is 0. The summed E-state index contributed by atoms with van der Waals surface area (Å²) in [5.41, 5.74) is 4.64. The van der Waals surface area contributed by atoms with Crippen molar-refractivity contribution in [1.29, 1.82) is 0 Å². The Morgan fingerprint density at radius 2 is 2.00 bits per heavy atom. The highest BCUT2D eigenvalue weighted by Crippen LogP contribution is 2.43. The van der Waals surface area contributed by atoms with Gasteiger partial charge in [-0.1, -0.05) is 25.8 Å². The van der Waals surface area contributed by atoms with Gasteiger partial charge in [0.2, 0.25) is 5.91 Å². The SMILES string of the molecule is CCCCCN1C(=O)C(C)(C)c2cc3nc(CCc4ccccn4)[nH]c3cc21. The van der Waals surface area contributed by atoms with E-state index < -0.39 is 5.41 Å². The lowest BCUT2D eigenvalue weighted by Gasteiger charge is -2.20. The fourth-order valence-electron chi connectivity index (χ4n) is 4.04. The number of hydrogen-bond acceptors (Lipinski definition) is 3. The maximum absolute atomic E-state index is 13.0. The van der Waals surface area contributed by atoms with Crippen LogP contribution in [0.1, 0.15) is 57.1 Å². The van der Waals surface area contributed by atoms with Gasteiger partial charge >= 0.3 is 0 Å². The molecule has 0 radical (unpaired) electrons. The molecule has 1 aliphatic heterocycles. The number of carbonyl (C=O) groups is 1. The van der Waals surface area contributed by atoms with E-state index in [4.69, 9.17) is 4.98 Å². The van der Waals surface area contributed by atoms with Crippen LogP contribution in [0, 0.1) is 0 Å². The van der Waals surface area contributed by atoms with Crippen LogP contribution in [-0.4, -0.2) is 27.4 Å². The summed E-state index contributed by atoms with van der Waals surface area (Å²) >= 11 is 0. The number of hydrogen-bond donors (Lipinski definition) is 1. The van der Waals surface area contributed by atoms with Crippen molar-refractivity contribution < 1.29 is 4.79 Å². The molecule has 0 unspecified atom stereocenters. The molecule has 1 amide bonds. The van der Waals surface area contributed by atoms with Crippen LogP contribution in [0.15, 0.2) is 36.5 Å². The molecule has 0 atom stereocenters. The highest BCUT2D eigenvalue weighted by atomic mass is 16.2. The van der Waals surface area contributed by atoms with Crippen LogP contribution in [0.4, 0.5) is 5.69 Å². The number of pyridine rings is 1. The topological polar surface area (TPSA) is 61.9 Å². The average Bonchev–Trinajstić information content (AvgIpc) is 3.18. The molecule has 0 saturated carbocycles. The second kappa shape index (κ2) is 7.38. The van der Waals surface area contributed by atoms with Gasteiger partial charge in [0, 0.05) is 24.9 Å². The molecule has 0 spiro atoms. The Morgan fingerprint density at radius 3 is 2.75 bits per heavy atom. The van der Waals surface area contributed by atoms with Gasteiger partial charge in [0.1, 0.15) is 5.82 Å². The minimum Gasteiger partial charge on any atom is -0.342 e. The Kier molecular flexibility index (Phi) is 4.92. The maximum Gasteiger partial charge on any atom is 0.237 e. The van der Waals surface area contributed by atoms with E-state index >= 15 is 0 Å². The minimum atomic E-state index is -0.497. The van der Waals surface area contributed by atoms with E-state index in [1.807, 2.05) is 43.1 Å². The number of H-pyrrole nitrogens is 1. The van der Waals surface area contributed by atoms with Gasteiger partial charge in [-0.2, -0.15) is 0 Å². The second-order valence-electron chi connectivity index (χ2n) is 8.18. The highest BCUT2D eigenvalue weighted by molar-refractivity contribution is 6.09. The van der Waals surface area contributed by atoms with Gasteiger partial charge < -0.3 is 9.88 Å². The Labute approximate surface area is 166 Å². The first-order valence-electron chi connectivity index (χ1n) is 10.3. The average molecular weight is 377 g/mol. The number of benzene rings is 1. The molecular formula is C23H28N4O. The summed E-state index contributed by atoms with van der Waals surface area (Å²) in [6.45, 7) is 7.02. The Morgan fingerprint density at radius 1 is 1.14 bits per heavy atom. The van der Waals surface area contributed by atoms with Crippen molar-refractivity contribution in [3.05, 3.63) is 53.6 Å². The van der Waals surface area contributed by atoms with E-state index in [1.54, 1.807) is 0 Å². The molecular weight excluding hydrogens is 348 g/mol. The third kappa shape index (κ3) is 3.30. The number of fused-ring (bicyclic) bond motifs is 2. The van der Waals surface area contributed by atoms with Gasteiger partial charge in [-0.05, 0) is 56.5 Å². The molecule has 0 fully saturated rings. The predicted molar refractivity (Wildman–Crippen MR) is 113 cm³/mol. The van der Waals surface area contributed by atoms with Crippen molar-refractivity contribution in [2.24, 2.45) is 0 Å². The summed E-state index contributed by atoms with van der Waals surface area (Å²) < 4.78 is 0. The summed E-state index contributed by atoms with van der Waals surface area (Å²) in [5.74, 6) is 1.16. The Balaban J connectivity index is 1.62. The molecule has 0 saturated heterocycles. The fourth-order valence-corrected chi connectivity index (χ4v) is 4.04. The van der Waals surface area contributed by atoms with Crippen LogP contribution in [0.3, 0.4) is 0 Å². The fraction of sp³-hybridized carbons (Fsp3) is 0.435. The van der Waals surface area contributed by atoms with E-state index in [1.165, 1.54) is 0 Å². The molecule has 1 aromatic carbocycles. The van der Waals surface area contributed by atoms with Crippen LogP contribution >= 0.6 is 0 Å². The number of aromatic nitrogens is 3. The van der Waals surface area contributed by atoms with Crippen LogP contribution < -0.4 is 4.90 Å². The lowest BCUT2D eigenvalue weighted by molar-refractivity contribution is -0.122. The first-order valence-corrected chi connectivity index (χ1v) is 10.3. The van der Waals surface area contributed by atoms with E-state index in [-0.39, 0.29) is 5.91 Å². The van der Waals surface area contributed by atoms with Gasteiger partial charge in [0.15, 0.2) is 0 Å². The van der Waals surface area contributed by atoms with Gasteiger partial charge in [-0.25, -0.2) is 4.98 Å². The van der Waals surface area contributed by atoms with Crippen LogP contribution in [0.2, 0.25) is 0 Å². The van der Waals surface area contributed by atoms with Gasteiger partial charge in [0.05, 0.1) is 22.1 Å². The molecule has 1 N–H and O–H groups in total. The summed E-state index contributed by atoms with van der Waals surface area (Å²) in [4.78, 5) is 27.6. The van der Waals surface area contributed by atoms with Gasteiger partial charge in [0.25, 0.3) is 0 Å². The van der Waals surface area contributed by atoms with Crippen LogP contribution in [0.25, 0.3) is 11.0 Å². The van der Waals surface area contributed by atoms with Crippen LogP contribution in [-0.2, 0) is 23.1 Å². The third-order valence-corrected chi connectivity index (χ3v) is 5.72. The van der Waals surface area contributed by atoms with Crippen molar-refractivity contribution in [3.63, 3.8) is 0 Å². The Bertz CT molecular complexity index is 991. The monoisotopic (exact) mass is 376 g/mol. The Hall–Kier alpha value is -2.69. The van der Waals surface area contributed by atoms with Gasteiger partial charge in [-0.3, -0.25) is 9.78 Å². The molecule has 0 bridgehead atoms. The number of carbonyl (C=O) groups excluding carboxylic acids is 1. The number of unbranched alkanes of at least 4 members (excludes halogenated alkanes) is 2. The van der Waals surface area contributed by atoms with Crippen molar-refractivity contribution in [1.82, 2.24) is 15.0 Å². The first kappa shape index (κ1) is 18.7. The molecule has 5 heteroatoms. The normalized spacial score (nSPS) is 15.4. The smallest absolute Gasteiger partial charge is 0.237 e. The second-order valence-corrected chi connectivity index (χ2v) is 8.18. The number of nitrogens with zero attached hydrogens (tertiary/aromatic N) is 3. The predicted octanol–water partition coefficient (Wildman–Crippen LogP) is 4.56.